The summed E-state index contributed by atoms with van der Waals surface area (Å²) < 4.78 is 4.58. The summed E-state index contributed by atoms with van der Waals surface area (Å²) >= 11 is 0. The first-order valence-electron chi connectivity index (χ1n) is 6.58. The zero-order valence-electron chi connectivity index (χ0n) is 10.2. The number of carbonyl (C=O) groups excluding carboxylic acids is 2. The van der Waals surface area contributed by atoms with Crippen LogP contribution in [-0.4, -0.2) is 11.9 Å². The van der Waals surface area contributed by atoms with E-state index in [4.69, 9.17) is 0 Å². The fourth-order valence-electron chi connectivity index (χ4n) is 2.99. The van der Waals surface area contributed by atoms with Gasteiger partial charge in [0.25, 0.3) is 0 Å². The van der Waals surface area contributed by atoms with Gasteiger partial charge in [-0.15, -0.1) is 0 Å². The lowest BCUT2D eigenvalue weighted by Gasteiger charge is -2.11. The van der Waals surface area contributed by atoms with Gasteiger partial charge in [0, 0.05) is 0 Å². The second-order valence-corrected chi connectivity index (χ2v) is 5.20. The van der Waals surface area contributed by atoms with Gasteiger partial charge in [-0.05, 0) is 29.9 Å². The van der Waals surface area contributed by atoms with E-state index >= 15 is 0 Å². The fraction of sp³-hybridized carbons (Fsp3) is 0.467. The molecule has 0 aromatic heterocycles. The van der Waals surface area contributed by atoms with Crippen LogP contribution in [0.25, 0.3) is 0 Å². The van der Waals surface area contributed by atoms with Gasteiger partial charge in [-0.1, -0.05) is 37.1 Å². The Labute approximate surface area is 106 Å². The number of rotatable bonds is 2. The Bertz CT molecular complexity index is 469. The second-order valence-electron chi connectivity index (χ2n) is 5.20. The Morgan fingerprint density at radius 2 is 1.56 bits per heavy atom. The molecule has 0 spiro atoms. The standard InChI is InChI=1S/C15H16O3/c16-14-9-13(15(17)18-14)12-7-5-11(6-8-12)10-3-1-2-4-10/h5-8,10,13H,1-4,9H2/t13-/m0/s1. The Balaban J connectivity index is 1.78. The van der Waals surface area contributed by atoms with Crippen LogP contribution in [-0.2, 0) is 14.3 Å². The van der Waals surface area contributed by atoms with Gasteiger partial charge in [0.1, 0.15) is 0 Å². The Kier molecular flexibility index (Phi) is 2.90. The van der Waals surface area contributed by atoms with Crippen molar-refractivity contribution >= 4 is 11.9 Å². The van der Waals surface area contributed by atoms with E-state index in [0.29, 0.717) is 5.92 Å². The van der Waals surface area contributed by atoms with Crippen molar-refractivity contribution in [1.29, 1.82) is 0 Å². The number of hydrogen-bond acceptors (Lipinski definition) is 3. The highest BCUT2D eigenvalue weighted by Crippen LogP contribution is 2.35. The van der Waals surface area contributed by atoms with E-state index in [1.165, 1.54) is 31.2 Å². The van der Waals surface area contributed by atoms with E-state index in [-0.39, 0.29) is 6.42 Å². The maximum Gasteiger partial charge on any atom is 0.321 e. The first-order chi connectivity index (χ1) is 8.74. The highest BCUT2D eigenvalue weighted by atomic mass is 16.6. The second kappa shape index (κ2) is 4.56. The molecule has 1 saturated heterocycles. The quantitative estimate of drug-likeness (QED) is 0.593. The third kappa shape index (κ3) is 2.05. The average Bonchev–Trinajstić information content (AvgIpc) is 2.99. The van der Waals surface area contributed by atoms with Gasteiger partial charge in [0.05, 0.1) is 12.3 Å². The summed E-state index contributed by atoms with van der Waals surface area (Å²) in [6.45, 7) is 0. The zero-order chi connectivity index (χ0) is 12.5. The molecule has 3 heteroatoms. The molecule has 1 saturated carbocycles. The number of hydrogen-bond donors (Lipinski definition) is 0. The van der Waals surface area contributed by atoms with Crippen LogP contribution < -0.4 is 0 Å². The van der Waals surface area contributed by atoms with E-state index in [0.717, 1.165) is 5.56 Å². The number of ether oxygens (including phenoxy) is 1. The van der Waals surface area contributed by atoms with Crippen LogP contribution >= 0.6 is 0 Å². The minimum absolute atomic E-state index is 0.182. The highest BCUT2D eigenvalue weighted by molar-refractivity contribution is 5.97. The van der Waals surface area contributed by atoms with Crippen LogP contribution in [0.3, 0.4) is 0 Å². The summed E-state index contributed by atoms with van der Waals surface area (Å²) in [5.74, 6) is -0.537. The maximum absolute atomic E-state index is 11.5. The van der Waals surface area contributed by atoms with Gasteiger partial charge in [0.15, 0.2) is 0 Å². The summed E-state index contributed by atoms with van der Waals surface area (Å²) in [7, 11) is 0. The Hall–Kier alpha value is -1.64. The third-order valence-corrected chi connectivity index (χ3v) is 4.04. The molecule has 1 aromatic carbocycles. The SMILES string of the molecule is O=C1C[C@@H](c2ccc(C3CCCC3)cc2)C(=O)O1. The summed E-state index contributed by atoms with van der Waals surface area (Å²) in [5.41, 5.74) is 2.25. The van der Waals surface area contributed by atoms with Gasteiger partial charge < -0.3 is 4.74 Å². The monoisotopic (exact) mass is 244 g/mol. The van der Waals surface area contributed by atoms with Crippen LogP contribution in [0.2, 0.25) is 0 Å². The van der Waals surface area contributed by atoms with E-state index < -0.39 is 17.9 Å². The lowest BCUT2D eigenvalue weighted by molar-refractivity contribution is -0.152. The largest absolute Gasteiger partial charge is 0.393 e. The zero-order valence-corrected chi connectivity index (χ0v) is 10.2. The van der Waals surface area contributed by atoms with Gasteiger partial charge in [-0.3, -0.25) is 9.59 Å². The molecule has 0 radical (unpaired) electrons. The summed E-state index contributed by atoms with van der Waals surface area (Å²) in [4.78, 5) is 22.6. The molecule has 0 bridgehead atoms. The molecular weight excluding hydrogens is 228 g/mol. The third-order valence-electron chi connectivity index (χ3n) is 4.04. The molecule has 2 aliphatic rings. The van der Waals surface area contributed by atoms with E-state index in [1.807, 2.05) is 12.1 Å². The average molecular weight is 244 g/mol. The van der Waals surface area contributed by atoms with Crippen molar-refractivity contribution in [2.75, 3.05) is 0 Å². The van der Waals surface area contributed by atoms with Crippen molar-refractivity contribution in [3.63, 3.8) is 0 Å². The molecule has 1 aliphatic heterocycles. The molecule has 1 heterocycles. The van der Waals surface area contributed by atoms with Crippen molar-refractivity contribution < 1.29 is 14.3 Å². The van der Waals surface area contributed by atoms with Gasteiger partial charge >= 0.3 is 11.9 Å². The minimum Gasteiger partial charge on any atom is -0.393 e. The first-order valence-corrected chi connectivity index (χ1v) is 6.58. The molecule has 3 nitrogen and oxygen atoms in total. The maximum atomic E-state index is 11.5. The van der Waals surface area contributed by atoms with Crippen LogP contribution in [0.4, 0.5) is 0 Å². The van der Waals surface area contributed by atoms with E-state index in [2.05, 4.69) is 16.9 Å². The smallest absolute Gasteiger partial charge is 0.321 e. The van der Waals surface area contributed by atoms with Crippen molar-refractivity contribution in [3.05, 3.63) is 35.4 Å². The molecular formula is C15H16O3. The molecule has 2 fully saturated rings. The van der Waals surface area contributed by atoms with Gasteiger partial charge in [-0.25, -0.2) is 0 Å². The van der Waals surface area contributed by atoms with Crippen molar-refractivity contribution in [2.45, 2.75) is 43.9 Å². The molecule has 1 atom stereocenters. The summed E-state index contributed by atoms with van der Waals surface area (Å²) in [5, 5.41) is 0. The molecule has 3 rings (SSSR count). The minimum atomic E-state index is -0.412. The molecule has 0 amide bonds. The first kappa shape index (κ1) is 11.5. The highest BCUT2D eigenvalue weighted by Gasteiger charge is 2.34. The lowest BCUT2D eigenvalue weighted by Crippen LogP contribution is -2.05. The molecule has 0 unspecified atom stereocenters. The van der Waals surface area contributed by atoms with Crippen LogP contribution in [0, 0.1) is 0 Å². The van der Waals surface area contributed by atoms with Crippen molar-refractivity contribution in [3.8, 4) is 0 Å². The number of esters is 2. The summed E-state index contributed by atoms with van der Waals surface area (Å²) in [6.07, 6.45) is 5.35. The normalized spacial score (nSPS) is 24.6. The van der Waals surface area contributed by atoms with Crippen LogP contribution in [0.5, 0.6) is 0 Å². The predicted octanol–water partition coefficient (Wildman–Crippen LogP) is 2.90. The van der Waals surface area contributed by atoms with Crippen molar-refractivity contribution in [1.82, 2.24) is 0 Å². The van der Waals surface area contributed by atoms with E-state index in [9.17, 15) is 9.59 Å². The molecule has 94 valence electrons. The fourth-order valence-corrected chi connectivity index (χ4v) is 2.99. The predicted molar refractivity (Wildman–Crippen MR) is 66.1 cm³/mol. The van der Waals surface area contributed by atoms with E-state index in [1.54, 1.807) is 0 Å². The van der Waals surface area contributed by atoms with Crippen LogP contribution in [0.1, 0.15) is 55.1 Å². The molecule has 0 N–H and O–H groups in total. The summed E-state index contributed by atoms with van der Waals surface area (Å²) in [6, 6.07) is 8.14. The number of cyclic esters (lactones) is 2. The topological polar surface area (TPSA) is 43.4 Å². The van der Waals surface area contributed by atoms with Gasteiger partial charge in [-0.2, -0.15) is 0 Å². The Morgan fingerprint density at radius 3 is 2.11 bits per heavy atom. The Morgan fingerprint density at radius 1 is 0.944 bits per heavy atom. The van der Waals surface area contributed by atoms with Crippen molar-refractivity contribution in [2.24, 2.45) is 0 Å². The molecule has 18 heavy (non-hydrogen) atoms. The van der Waals surface area contributed by atoms with Crippen LogP contribution in [0.15, 0.2) is 24.3 Å². The molecule has 1 aromatic rings. The lowest BCUT2D eigenvalue weighted by atomic mass is 9.92. The van der Waals surface area contributed by atoms with Gasteiger partial charge in [0.2, 0.25) is 0 Å². The molecule has 1 aliphatic carbocycles. The number of benzene rings is 1. The number of carbonyl (C=O) groups is 2.